The van der Waals surface area contributed by atoms with Gasteiger partial charge in [0.05, 0.1) is 5.69 Å². The first-order valence-corrected chi connectivity index (χ1v) is 6.58. The van der Waals surface area contributed by atoms with Gasteiger partial charge in [0.2, 0.25) is 5.88 Å². The minimum atomic E-state index is -0.422. The zero-order valence-electron chi connectivity index (χ0n) is 12.0. The highest BCUT2D eigenvalue weighted by Crippen LogP contribution is 2.26. The van der Waals surface area contributed by atoms with Crippen molar-refractivity contribution in [1.29, 1.82) is 0 Å². The molecule has 0 radical (unpaired) electrons. The predicted molar refractivity (Wildman–Crippen MR) is 74.2 cm³/mol. The number of hydrogen-bond acceptors (Lipinski definition) is 5. The third-order valence-corrected chi connectivity index (χ3v) is 3.42. The maximum absolute atomic E-state index is 9.84. The number of hydrogen-bond donors (Lipinski definition) is 2. The fourth-order valence-electron chi connectivity index (χ4n) is 2.47. The standard InChI is InChI=1S/C15H17N3O2/c19-14-12-7-4-8-18(9-11-5-2-1-3-6-11)10-13(12)16-15(20)17-14/h1-3,5-6H,4,7-10H2,(H2,16,17,19,20)/i4D. The molecule has 2 heterocycles. The Bertz CT molecular complexity index is 636. The Morgan fingerprint density at radius 2 is 2.00 bits per heavy atom. The van der Waals surface area contributed by atoms with Crippen LogP contribution in [0.4, 0.5) is 0 Å². The molecule has 5 nitrogen and oxygen atoms in total. The van der Waals surface area contributed by atoms with Gasteiger partial charge in [0.1, 0.15) is 0 Å². The lowest BCUT2D eigenvalue weighted by Crippen LogP contribution is -2.23. The van der Waals surface area contributed by atoms with Crippen molar-refractivity contribution < 1.29 is 11.6 Å². The zero-order valence-corrected chi connectivity index (χ0v) is 11.0. The van der Waals surface area contributed by atoms with Crippen molar-refractivity contribution in [3.8, 4) is 11.9 Å². The van der Waals surface area contributed by atoms with Crippen LogP contribution in [-0.4, -0.2) is 31.6 Å². The average molecular weight is 272 g/mol. The Hall–Kier alpha value is -2.14. The Balaban J connectivity index is 1.87. The highest BCUT2D eigenvalue weighted by atomic mass is 16.3. The van der Waals surface area contributed by atoms with Crippen LogP contribution in [0.15, 0.2) is 30.3 Å². The molecule has 104 valence electrons. The highest BCUT2D eigenvalue weighted by Gasteiger charge is 2.20. The van der Waals surface area contributed by atoms with E-state index < -0.39 is 6.01 Å². The van der Waals surface area contributed by atoms with Gasteiger partial charge in [0.25, 0.3) is 0 Å². The molecule has 5 heteroatoms. The summed E-state index contributed by atoms with van der Waals surface area (Å²) in [5, 5.41) is 19.3. The van der Waals surface area contributed by atoms with Crippen molar-refractivity contribution in [2.45, 2.75) is 25.9 Å². The molecule has 3 rings (SSSR count). The molecular weight excluding hydrogens is 254 g/mol. The summed E-state index contributed by atoms with van der Waals surface area (Å²) < 4.78 is 8.12. The molecule has 2 N–H and O–H groups in total. The molecule has 0 fully saturated rings. The lowest BCUT2D eigenvalue weighted by atomic mass is 10.1. The Morgan fingerprint density at radius 1 is 1.20 bits per heavy atom. The molecule has 0 spiro atoms. The van der Waals surface area contributed by atoms with Crippen LogP contribution in [0, 0.1) is 0 Å². The van der Waals surface area contributed by atoms with Gasteiger partial charge in [-0.25, -0.2) is 0 Å². The van der Waals surface area contributed by atoms with E-state index in [1.807, 2.05) is 30.3 Å². The summed E-state index contributed by atoms with van der Waals surface area (Å²) in [5.74, 6) is -0.212. The minimum Gasteiger partial charge on any atom is -0.493 e. The summed E-state index contributed by atoms with van der Waals surface area (Å²) in [5.41, 5.74) is 2.34. The van der Waals surface area contributed by atoms with E-state index in [0.717, 1.165) is 5.56 Å². The Kier molecular flexibility index (Phi) is 3.19. The monoisotopic (exact) mass is 272 g/mol. The molecule has 1 aliphatic heterocycles. The van der Waals surface area contributed by atoms with Gasteiger partial charge in [0, 0.05) is 20.0 Å². The van der Waals surface area contributed by atoms with Crippen LogP contribution < -0.4 is 0 Å². The highest BCUT2D eigenvalue weighted by molar-refractivity contribution is 5.32. The molecule has 1 aromatic heterocycles. The van der Waals surface area contributed by atoms with Gasteiger partial charge in [-0.15, -0.1) is 0 Å². The zero-order chi connectivity index (χ0) is 14.8. The quantitative estimate of drug-likeness (QED) is 0.873. The molecule has 20 heavy (non-hydrogen) atoms. The summed E-state index contributed by atoms with van der Waals surface area (Å²) in [6.07, 6.45) is 0.0428. The molecule has 0 bridgehead atoms. The first kappa shape index (κ1) is 11.7. The molecule has 0 amide bonds. The second kappa shape index (κ2) is 5.46. The van der Waals surface area contributed by atoms with Crippen molar-refractivity contribution in [1.82, 2.24) is 14.9 Å². The molecular formula is C15H17N3O2. The lowest BCUT2D eigenvalue weighted by Gasteiger charge is -2.19. The number of rotatable bonds is 2. The average Bonchev–Trinajstić information content (AvgIpc) is 2.58. The fourth-order valence-corrected chi connectivity index (χ4v) is 2.47. The number of aromatic hydroxyl groups is 2. The lowest BCUT2D eigenvalue weighted by molar-refractivity contribution is 0.257. The molecule has 1 unspecified atom stereocenters. The van der Waals surface area contributed by atoms with E-state index in [-0.39, 0.29) is 12.3 Å². The summed E-state index contributed by atoms with van der Waals surface area (Å²) in [4.78, 5) is 9.69. The third kappa shape index (κ3) is 2.72. The van der Waals surface area contributed by atoms with E-state index in [2.05, 4.69) is 14.9 Å². The van der Waals surface area contributed by atoms with Crippen LogP contribution in [-0.2, 0) is 19.5 Å². The summed E-state index contributed by atoms with van der Waals surface area (Å²) >= 11 is 0. The van der Waals surface area contributed by atoms with Gasteiger partial charge in [-0.2, -0.15) is 9.97 Å². The number of aromatic nitrogens is 2. The molecule has 1 atom stereocenters. The number of nitrogens with zero attached hydrogens (tertiary/aromatic N) is 3. The third-order valence-electron chi connectivity index (χ3n) is 3.42. The van der Waals surface area contributed by atoms with E-state index in [1.54, 1.807) is 0 Å². The normalized spacial score (nSPS) is 20.0. The smallest absolute Gasteiger partial charge is 0.317 e. The van der Waals surface area contributed by atoms with E-state index >= 15 is 0 Å². The minimum absolute atomic E-state index is 0.212. The maximum atomic E-state index is 9.84. The van der Waals surface area contributed by atoms with Crippen molar-refractivity contribution in [2.24, 2.45) is 0 Å². The van der Waals surface area contributed by atoms with E-state index in [4.69, 9.17) is 1.37 Å². The van der Waals surface area contributed by atoms with Gasteiger partial charge < -0.3 is 10.2 Å². The van der Waals surface area contributed by atoms with Gasteiger partial charge >= 0.3 is 6.01 Å². The number of benzene rings is 1. The van der Waals surface area contributed by atoms with E-state index in [1.165, 1.54) is 0 Å². The molecule has 0 aliphatic carbocycles. The van der Waals surface area contributed by atoms with Crippen LogP contribution >= 0.6 is 0 Å². The van der Waals surface area contributed by atoms with Gasteiger partial charge in [-0.05, 0) is 24.9 Å². The SMILES string of the molecule is [2H]C1Cc2c(O)nc(O)nc2CN(Cc2ccccc2)C1. The second-order valence-corrected chi connectivity index (χ2v) is 4.92. The van der Waals surface area contributed by atoms with Crippen LogP contribution in [0.1, 0.15) is 24.6 Å². The molecule has 1 aromatic carbocycles. The molecule has 1 aliphatic rings. The summed E-state index contributed by atoms with van der Waals surface area (Å²) in [7, 11) is 0. The van der Waals surface area contributed by atoms with Crippen LogP contribution in [0.2, 0.25) is 0 Å². The second-order valence-electron chi connectivity index (χ2n) is 4.92. The van der Waals surface area contributed by atoms with Crippen molar-refractivity contribution in [3.05, 3.63) is 47.2 Å². The Morgan fingerprint density at radius 3 is 2.80 bits per heavy atom. The molecule has 0 saturated heterocycles. The van der Waals surface area contributed by atoms with E-state index in [9.17, 15) is 10.2 Å². The maximum Gasteiger partial charge on any atom is 0.317 e. The van der Waals surface area contributed by atoms with Crippen LogP contribution in [0.3, 0.4) is 0 Å². The van der Waals surface area contributed by atoms with Gasteiger partial charge in [0.15, 0.2) is 0 Å². The van der Waals surface area contributed by atoms with Gasteiger partial charge in [-0.1, -0.05) is 30.3 Å². The molecule has 2 aromatic rings. The Labute approximate surface area is 118 Å². The first-order chi connectivity index (χ1) is 10.1. The summed E-state index contributed by atoms with van der Waals surface area (Å²) in [6, 6.07) is 9.60. The van der Waals surface area contributed by atoms with Crippen LogP contribution in [0.5, 0.6) is 11.9 Å². The van der Waals surface area contributed by atoms with Crippen molar-refractivity contribution in [2.75, 3.05) is 6.54 Å². The van der Waals surface area contributed by atoms with Crippen molar-refractivity contribution in [3.63, 3.8) is 0 Å². The number of fused-ring (bicyclic) bond motifs is 1. The van der Waals surface area contributed by atoms with Crippen molar-refractivity contribution >= 4 is 0 Å². The summed E-state index contributed by atoms with van der Waals surface area (Å²) in [6.45, 7) is 1.79. The van der Waals surface area contributed by atoms with Crippen LogP contribution in [0.25, 0.3) is 0 Å². The largest absolute Gasteiger partial charge is 0.493 e. The topological polar surface area (TPSA) is 69.5 Å². The fraction of sp³-hybridized carbons (Fsp3) is 0.333. The van der Waals surface area contributed by atoms with Gasteiger partial charge in [-0.3, -0.25) is 4.90 Å². The van der Waals surface area contributed by atoms with E-state index in [0.29, 0.717) is 37.3 Å². The predicted octanol–water partition coefficient (Wildman–Crippen LogP) is 1.84. The molecule has 0 saturated carbocycles. The first-order valence-electron chi connectivity index (χ1n) is 7.16.